The second kappa shape index (κ2) is 6.59. The zero-order chi connectivity index (χ0) is 11.5. The number of carbonyl (C=O) groups is 1. The van der Waals surface area contributed by atoms with E-state index in [0.717, 1.165) is 30.7 Å². The normalized spacial score (nSPS) is 15.3. The van der Waals surface area contributed by atoms with Crippen LogP contribution in [0.5, 0.6) is 0 Å². The minimum Gasteiger partial charge on any atom is -0.336 e. The standard InChI is InChI=1S/C11H12BrClN2O.ClH/c12-9-5-8(6-10(13)7-9)11(16)15-3-1-14-2-4-15;/h5-7,14H,1-4H2;1H. The van der Waals surface area contributed by atoms with E-state index in [1.165, 1.54) is 0 Å². The fourth-order valence-electron chi connectivity index (χ4n) is 1.73. The largest absolute Gasteiger partial charge is 0.336 e. The summed E-state index contributed by atoms with van der Waals surface area (Å²) in [5, 5.41) is 3.79. The quantitative estimate of drug-likeness (QED) is 0.852. The molecule has 0 bridgehead atoms. The summed E-state index contributed by atoms with van der Waals surface area (Å²) in [6.07, 6.45) is 0. The van der Waals surface area contributed by atoms with Crippen LogP contribution < -0.4 is 5.32 Å². The van der Waals surface area contributed by atoms with Crippen molar-refractivity contribution in [2.24, 2.45) is 0 Å². The molecule has 1 heterocycles. The molecule has 1 N–H and O–H groups in total. The van der Waals surface area contributed by atoms with Gasteiger partial charge >= 0.3 is 0 Å². The number of amides is 1. The molecule has 94 valence electrons. The molecule has 1 aliphatic heterocycles. The van der Waals surface area contributed by atoms with Crippen molar-refractivity contribution in [2.45, 2.75) is 0 Å². The van der Waals surface area contributed by atoms with Crippen molar-refractivity contribution < 1.29 is 4.79 Å². The summed E-state index contributed by atoms with van der Waals surface area (Å²) >= 11 is 9.26. The Labute approximate surface area is 120 Å². The monoisotopic (exact) mass is 338 g/mol. The Morgan fingerprint density at radius 3 is 2.53 bits per heavy atom. The van der Waals surface area contributed by atoms with E-state index in [0.29, 0.717) is 10.6 Å². The van der Waals surface area contributed by atoms with Crippen molar-refractivity contribution in [1.82, 2.24) is 10.2 Å². The molecule has 0 spiro atoms. The van der Waals surface area contributed by atoms with Gasteiger partial charge in [0.05, 0.1) is 0 Å². The Morgan fingerprint density at radius 1 is 1.29 bits per heavy atom. The third-order valence-corrected chi connectivity index (χ3v) is 3.19. The van der Waals surface area contributed by atoms with Gasteiger partial charge in [0.2, 0.25) is 0 Å². The van der Waals surface area contributed by atoms with Gasteiger partial charge in [-0.15, -0.1) is 12.4 Å². The lowest BCUT2D eigenvalue weighted by molar-refractivity contribution is 0.0736. The van der Waals surface area contributed by atoms with Gasteiger partial charge in [0, 0.05) is 41.2 Å². The Kier molecular flexibility index (Phi) is 5.73. The van der Waals surface area contributed by atoms with Gasteiger partial charge in [0.15, 0.2) is 0 Å². The van der Waals surface area contributed by atoms with Crippen LogP contribution >= 0.6 is 39.9 Å². The molecule has 1 aromatic carbocycles. The molecule has 1 aromatic rings. The topological polar surface area (TPSA) is 32.3 Å². The highest BCUT2D eigenvalue weighted by atomic mass is 79.9. The number of halogens is 3. The zero-order valence-electron chi connectivity index (χ0n) is 9.08. The van der Waals surface area contributed by atoms with Crippen molar-refractivity contribution in [1.29, 1.82) is 0 Å². The number of piperazine rings is 1. The van der Waals surface area contributed by atoms with Crippen LogP contribution in [-0.2, 0) is 0 Å². The summed E-state index contributed by atoms with van der Waals surface area (Å²) in [6.45, 7) is 3.22. The van der Waals surface area contributed by atoms with Crippen molar-refractivity contribution in [3.8, 4) is 0 Å². The van der Waals surface area contributed by atoms with Crippen LogP contribution in [0.1, 0.15) is 10.4 Å². The van der Waals surface area contributed by atoms with Crippen LogP contribution in [0.4, 0.5) is 0 Å². The molecule has 0 unspecified atom stereocenters. The lowest BCUT2D eigenvalue weighted by atomic mass is 10.2. The molecule has 1 saturated heterocycles. The maximum atomic E-state index is 12.1. The third-order valence-electron chi connectivity index (χ3n) is 2.51. The number of rotatable bonds is 1. The predicted octanol–water partition coefficient (Wildman–Crippen LogP) is 2.57. The van der Waals surface area contributed by atoms with Crippen LogP contribution in [-0.4, -0.2) is 37.0 Å². The molecule has 0 saturated carbocycles. The summed E-state index contributed by atoms with van der Waals surface area (Å²) in [5.41, 5.74) is 0.640. The van der Waals surface area contributed by atoms with E-state index in [4.69, 9.17) is 11.6 Å². The molecule has 1 fully saturated rings. The minimum atomic E-state index is 0. The van der Waals surface area contributed by atoms with Crippen LogP contribution in [0, 0.1) is 0 Å². The van der Waals surface area contributed by atoms with Gasteiger partial charge in [0.1, 0.15) is 0 Å². The first-order valence-electron chi connectivity index (χ1n) is 5.13. The van der Waals surface area contributed by atoms with E-state index in [-0.39, 0.29) is 18.3 Å². The fourth-order valence-corrected chi connectivity index (χ4v) is 2.59. The van der Waals surface area contributed by atoms with Crippen LogP contribution in [0.15, 0.2) is 22.7 Å². The molecule has 2 rings (SSSR count). The van der Waals surface area contributed by atoms with E-state index >= 15 is 0 Å². The maximum absolute atomic E-state index is 12.1. The summed E-state index contributed by atoms with van der Waals surface area (Å²) < 4.78 is 0.832. The Bertz CT molecular complexity index is 388. The number of nitrogens with one attached hydrogen (secondary N) is 1. The van der Waals surface area contributed by atoms with Crippen molar-refractivity contribution in [3.05, 3.63) is 33.3 Å². The molecule has 1 amide bonds. The van der Waals surface area contributed by atoms with Crippen molar-refractivity contribution in [3.63, 3.8) is 0 Å². The number of benzene rings is 1. The van der Waals surface area contributed by atoms with E-state index in [1.807, 2.05) is 4.90 Å². The SMILES string of the molecule is Cl.O=C(c1cc(Cl)cc(Br)c1)N1CCNCC1. The molecule has 0 aliphatic carbocycles. The van der Waals surface area contributed by atoms with Gasteiger partial charge in [-0.2, -0.15) is 0 Å². The Hall–Kier alpha value is -0.290. The Morgan fingerprint density at radius 2 is 1.94 bits per heavy atom. The van der Waals surface area contributed by atoms with Gasteiger partial charge in [-0.25, -0.2) is 0 Å². The van der Waals surface area contributed by atoms with Gasteiger partial charge in [0.25, 0.3) is 5.91 Å². The maximum Gasteiger partial charge on any atom is 0.254 e. The lowest BCUT2D eigenvalue weighted by Gasteiger charge is -2.27. The highest BCUT2D eigenvalue weighted by Gasteiger charge is 2.18. The second-order valence-corrected chi connectivity index (χ2v) is 5.05. The molecule has 0 radical (unpaired) electrons. The van der Waals surface area contributed by atoms with Crippen LogP contribution in [0.25, 0.3) is 0 Å². The predicted molar refractivity (Wildman–Crippen MR) is 75.2 cm³/mol. The summed E-state index contributed by atoms with van der Waals surface area (Å²) in [6, 6.07) is 5.28. The average molecular weight is 340 g/mol. The van der Waals surface area contributed by atoms with Crippen molar-refractivity contribution >= 4 is 45.8 Å². The van der Waals surface area contributed by atoms with Gasteiger partial charge in [-0.3, -0.25) is 4.79 Å². The van der Waals surface area contributed by atoms with E-state index in [2.05, 4.69) is 21.2 Å². The number of hydrogen-bond donors (Lipinski definition) is 1. The fraction of sp³-hybridized carbons (Fsp3) is 0.364. The molecular formula is C11H13BrCl2N2O. The van der Waals surface area contributed by atoms with Crippen LogP contribution in [0.2, 0.25) is 5.02 Å². The zero-order valence-corrected chi connectivity index (χ0v) is 12.2. The highest BCUT2D eigenvalue weighted by Crippen LogP contribution is 2.20. The molecule has 0 atom stereocenters. The molecule has 0 aromatic heterocycles. The first kappa shape index (κ1) is 14.8. The molecule has 6 heteroatoms. The van der Waals surface area contributed by atoms with Gasteiger partial charge < -0.3 is 10.2 Å². The second-order valence-electron chi connectivity index (χ2n) is 3.70. The lowest BCUT2D eigenvalue weighted by Crippen LogP contribution is -2.46. The van der Waals surface area contributed by atoms with Gasteiger partial charge in [-0.05, 0) is 18.2 Å². The number of hydrogen-bond acceptors (Lipinski definition) is 2. The van der Waals surface area contributed by atoms with E-state index < -0.39 is 0 Å². The molecule has 17 heavy (non-hydrogen) atoms. The number of nitrogens with zero attached hydrogens (tertiary/aromatic N) is 1. The third kappa shape index (κ3) is 3.85. The summed E-state index contributed by atoms with van der Waals surface area (Å²) in [7, 11) is 0. The van der Waals surface area contributed by atoms with Crippen LogP contribution in [0.3, 0.4) is 0 Å². The highest BCUT2D eigenvalue weighted by molar-refractivity contribution is 9.10. The molecule has 1 aliphatic rings. The van der Waals surface area contributed by atoms with Gasteiger partial charge in [-0.1, -0.05) is 27.5 Å². The smallest absolute Gasteiger partial charge is 0.254 e. The summed E-state index contributed by atoms with van der Waals surface area (Å²) in [5.74, 6) is 0.0460. The molecular weight excluding hydrogens is 327 g/mol. The molecule has 3 nitrogen and oxygen atoms in total. The Balaban J connectivity index is 0.00000144. The van der Waals surface area contributed by atoms with Crippen molar-refractivity contribution in [2.75, 3.05) is 26.2 Å². The minimum absolute atomic E-state index is 0. The summed E-state index contributed by atoms with van der Waals surface area (Å²) in [4.78, 5) is 14.0. The van der Waals surface area contributed by atoms with E-state index in [9.17, 15) is 4.79 Å². The van der Waals surface area contributed by atoms with E-state index in [1.54, 1.807) is 18.2 Å². The average Bonchev–Trinajstić information content (AvgIpc) is 2.28. The first-order valence-corrected chi connectivity index (χ1v) is 6.30. The number of carbonyl (C=O) groups excluding carboxylic acids is 1. The first-order chi connectivity index (χ1) is 7.66.